The summed E-state index contributed by atoms with van der Waals surface area (Å²) in [6.45, 7) is 4.48. The van der Waals surface area contributed by atoms with Crippen LogP contribution in [0.3, 0.4) is 0 Å². The van der Waals surface area contributed by atoms with Gasteiger partial charge in [-0.1, -0.05) is 0 Å². The predicted octanol–water partition coefficient (Wildman–Crippen LogP) is 3.09. The normalized spacial score (nSPS) is 10.6. The van der Waals surface area contributed by atoms with Crippen molar-refractivity contribution in [3.05, 3.63) is 40.1 Å². The standard InChI is InChI=1S/C18H23N3O3S/c1-12-7-8-25-17(12)10-21(3)11-18(23)20-15-9-14(19-13(2)22)5-6-16(15)24-4/h5-9H,10-11H2,1-4H3,(H,19,22)(H,20,23). The molecular formula is C18H23N3O3S. The van der Waals surface area contributed by atoms with Gasteiger partial charge in [-0.2, -0.15) is 0 Å². The molecule has 134 valence electrons. The third-order valence-electron chi connectivity index (χ3n) is 3.59. The van der Waals surface area contributed by atoms with Crippen molar-refractivity contribution in [2.24, 2.45) is 0 Å². The Balaban J connectivity index is 2.01. The van der Waals surface area contributed by atoms with E-state index in [0.717, 1.165) is 6.54 Å². The lowest BCUT2D eigenvalue weighted by Crippen LogP contribution is -2.29. The van der Waals surface area contributed by atoms with Gasteiger partial charge >= 0.3 is 0 Å². The number of hydrogen-bond donors (Lipinski definition) is 2. The first-order valence-electron chi connectivity index (χ1n) is 7.86. The largest absolute Gasteiger partial charge is 0.495 e. The van der Waals surface area contributed by atoms with Crippen LogP contribution in [0.5, 0.6) is 5.75 Å². The second-order valence-corrected chi connectivity index (χ2v) is 6.84. The van der Waals surface area contributed by atoms with Crippen LogP contribution in [0.4, 0.5) is 11.4 Å². The lowest BCUT2D eigenvalue weighted by Gasteiger charge is -2.17. The first-order chi connectivity index (χ1) is 11.9. The molecule has 0 unspecified atom stereocenters. The fraction of sp³-hybridized carbons (Fsp3) is 0.333. The number of carbonyl (C=O) groups is 2. The number of thiophene rings is 1. The van der Waals surface area contributed by atoms with Crippen LogP contribution < -0.4 is 15.4 Å². The molecule has 0 atom stereocenters. The third-order valence-corrected chi connectivity index (χ3v) is 4.60. The molecule has 0 saturated carbocycles. The van der Waals surface area contributed by atoms with Crippen LogP contribution >= 0.6 is 11.3 Å². The van der Waals surface area contributed by atoms with Gasteiger partial charge in [-0.15, -0.1) is 11.3 Å². The summed E-state index contributed by atoms with van der Waals surface area (Å²) in [5.74, 6) is 0.225. The SMILES string of the molecule is COc1ccc(NC(C)=O)cc1NC(=O)CN(C)Cc1sccc1C. The van der Waals surface area contributed by atoms with Crippen molar-refractivity contribution in [3.8, 4) is 5.75 Å². The zero-order valence-corrected chi connectivity index (χ0v) is 15.7. The van der Waals surface area contributed by atoms with E-state index >= 15 is 0 Å². The topological polar surface area (TPSA) is 70.7 Å². The summed E-state index contributed by atoms with van der Waals surface area (Å²) in [6.07, 6.45) is 0. The van der Waals surface area contributed by atoms with Gasteiger partial charge in [0, 0.05) is 24.0 Å². The molecule has 1 aromatic heterocycles. The predicted molar refractivity (Wildman–Crippen MR) is 101 cm³/mol. The molecule has 1 aromatic carbocycles. The zero-order chi connectivity index (χ0) is 18.4. The summed E-state index contributed by atoms with van der Waals surface area (Å²) in [5.41, 5.74) is 2.37. The molecule has 0 radical (unpaired) electrons. The van der Waals surface area contributed by atoms with Crippen molar-refractivity contribution in [1.29, 1.82) is 0 Å². The molecule has 25 heavy (non-hydrogen) atoms. The van der Waals surface area contributed by atoms with E-state index in [1.165, 1.54) is 24.5 Å². The van der Waals surface area contributed by atoms with Crippen LogP contribution in [-0.4, -0.2) is 37.4 Å². The minimum atomic E-state index is -0.173. The molecule has 0 bridgehead atoms. The number of carbonyl (C=O) groups excluding carboxylic acids is 2. The lowest BCUT2D eigenvalue weighted by molar-refractivity contribution is -0.117. The molecule has 6 nitrogen and oxygen atoms in total. The quantitative estimate of drug-likeness (QED) is 0.795. The summed E-state index contributed by atoms with van der Waals surface area (Å²) in [6, 6.07) is 7.19. The van der Waals surface area contributed by atoms with Gasteiger partial charge in [0.2, 0.25) is 11.8 Å². The lowest BCUT2D eigenvalue weighted by atomic mass is 10.2. The van der Waals surface area contributed by atoms with Crippen LogP contribution in [0.1, 0.15) is 17.4 Å². The summed E-state index contributed by atoms with van der Waals surface area (Å²) in [7, 11) is 3.44. The highest BCUT2D eigenvalue weighted by molar-refractivity contribution is 7.10. The Hall–Kier alpha value is -2.38. The number of rotatable bonds is 7. The maximum absolute atomic E-state index is 12.3. The Morgan fingerprint density at radius 1 is 1.24 bits per heavy atom. The summed E-state index contributed by atoms with van der Waals surface area (Å²) in [4.78, 5) is 26.7. The van der Waals surface area contributed by atoms with Gasteiger partial charge in [0.15, 0.2) is 0 Å². The van der Waals surface area contributed by atoms with Crippen LogP contribution in [0.25, 0.3) is 0 Å². The number of amides is 2. The molecule has 2 rings (SSSR count). The number of hydrogen-bond acceptors (Lipinski definition) is 5. The Bertz CT molecular complexity index is 758. The molecule has 0 aliphatic rings. The summed E-state index contributed by atoms with van der Waals surface area (Å²) >= 11 is 1.69. The minimum absolute atomic E-state index is 0.144. The van der Waals surface area contributed by atoms with E-state index in [-0.39, 0.29) is 18.4 Å². The van der Waals surface area contributed by atoms with Gasteiger partial charge < -0.3 is 15.4 Å². The number of benzene rings is 1. The molecule has 2 aromatic rings. The molecule has 0 saturated heterocycles. The van der Waals surface area contributed by atoms with Crippen LogP contribution in [0.15, 0.2) is 29.6 Å². The van der Waals surface area contributed by atoms with E-state index in [0.29, 0.717) is 17.1 Å². The Labute approximate surface area is 151 Å². The number of nitrogens with one attached hydrogen (secondary N) is 2. The molecule has 0 fully saturated rings. The van der Waals surface area contributed by atoms with Crippen molar-refractivity contribution in [2.45, 2.75) is 20.4 Å². The minimum Gasteiger partial charge on any atom is -0.495 e. The molecule has 2 amide bonds. The number of ether oxygens (including phenoxy) is 1. The van der Waals surface area contributed by atoms with Crippen molar-refractivity contribution < 1.29 is 14.3 Å². The van der Waals surface area contributed by atoms with E-state index in [1.54, 1.807) is 29.5 Å². The second-order valence-electron chi connectivity index (χ2n) is 5.84. The van der Waals surface area contributed by atoms with Crippen molar-refractivity contribution in [1.82, 2.24) is 4.90 Å². The molecule has 7 heteroatoms. The van der Waals surface area contributed by atoms with Crippen molar-refractivity contribution in [2.75, 3.05) is 31.3 Å². The number of methoxy groups -OCH3 is 1. The van der Waals surface area contributed by atoms with Gasteiger partial charge in [0.05, 0.1) is 19.3 Å². The van der Waals surface area contributed by atoms with E-state index in [1.807, 2.05) is 11.9 Å². The fourth-order valence-electron chi connectivity index (χ4n) is 2.39. The van der Waals surface area contributed by atoms with Crippen LogP contribution in [0, 0.1) is 6.92 Å². The molecule has 2 N–H and O–H groups in total. The highest BCUT2D eigenvalue weighted by Gasteiger charge is 2.12. The molecule has 0 spiro atoms. The van der Waals surface area contributed by atoms with Crippen LogP contribution in [0.2, 0.25) is 0 Å². The third kappa shape index (κ3) is 5.58. The van der Waals surface area contributed by atoms with Crippen LogP contribution in [-0.2, 0) is 16.1 Å². The molecular weight excluding hydrogens is 338 g/mol. The van der Waals surface area contributed by atoms with Gasteiger partial charge in [-0.25, -0.2) is 0 Å². The smallest absolute Gasteiger partial charge is 0.238 e. The number of anilines is 2. The van der Waals surface area contributed by atoms with Gasteiger partial charge in [0.25, 0.3) is 0 Å². The zero-order valence-electron chi connectivity index (χ0n) is 14.9. The van der Waals surface area contributed by atoms with E-state index in [9.17, 15) is 9.59 Å². The second kappa shape index (κ2) is 8.64. The van der Waals surface area contributed by atoms with E-state index in [4.69, 9.17) is 4.74 Å². The number of nitrogens with zero attached hydrogens (tertiary/aromatic N) is 1. The monoisotopic (exact) mass is 361 g/mol. The average Bonchev–Trinajstić information content (AvgIpc) is 2.91. The molecule has 1 heterocycles. The average molecular weight is 361 g/mol. The fourth-order valence-corrected chi connectivity index (χ4v) is 3.37. The van der Waals surface area contributed by atoms with E-state index in [2.05, 4.69) is 29.0 Å². The number of aryl methyl sites for hydroxylation is 1. The maximum atomic E-state index is 12.3. The van der Waals surface area contributed by atoms with E-state index < -0.39 is 0 Å². The van der Waals surface area contributed by atoms with Gasteiger partial charge in [-0.05, 0) is 49.2 Å². The van der Waals surface area contributed by atoms with Gasteiger partial charge in [-0.3, -0.25) is 14.5 Å². The summed E-state index contributed by atoms with van der Waals surface area (Å²) < 4.78 is 5.27. The summed E-state index contributed by atoms with van der Waals surface area (Å²) in [5, 5.41) is 7.59. The highest BCUT2D eigenvalue weighted by atomic mass is 32.1. The Morgan fingerprint density at radius 3 is 2.60 bits per heavy atom. The molecule has 0 aliphatic heterocycles. The maximum Gasteiger partial charge on any atom is 0.238 e. The first-order valence-corrected chi connectivity index (χ1v) is 8.74. The molecule has 0 aliphatic carbocycles. The van der Waals surface area contributed by atoms with Gasteiger partial charge in [0.1, 0.15) is 5.75 Å². The first kappa shape index (κ1) is 19.0. The van der Waals surface area contributed by atoms with Crippen molar-refractivity contribution >= 4 is 34.5 Å². The Kier molecular flexibility index (Phi) is 6.55. The van der Waals surface area contributed by atoms with Crippen molar-refractivity contribution in [3.63, 3.8) is 0 Å². The Morgan fingerprint density at radius 2 is 2.00 bits per heavy atom. The highest BCUT2D eigenvalue weighted by Crippen LogP contribution is 2.28. The number of likely N-dealkylation sites (N-methyl/N-ethyl adjacent to an activating group) is 1.